The van der Waals surface area contributed by atoms with Crippen LogP contribution in [0.5, 0.6) is 0 Å². The molecule has 0 aliphatic heterocycles. The Bertz CT molecular complexity index is 1570. The van der Waals surface area contributed by atoms with Crippen molar-refractivity contribution in [2.24, 2.45) is 7.05 Å². The molecule has 5 rings (SSSR count). The molecule has 0 amide bonds. The summed E-state index contributed by atoms with van der Waals surface area (Å²) in [5, 5.41) is 17.0. The van der Waals surface area contributed by atoms with E-state index in [1.165, 1.54) is 0 Å². The summed E-state index contributed by atoms with van der Waals surface area (Å²) in [4.78, 5) is 16.7. The SMILES string of the molecule is Cc1cc2nc(-c3ccc4c(c3)c(C(C)C)nn4C)sc2c(-c2ccc(Cl)cc2)c1CC(=O)O. The van der Waals surface area contributed by atoms with Gasteiger partial charge in [-0.2, -0.15) is 5.10 Å². The highest BCUT2D eigenvalue weighted by atomic mass is 35.5. The van der Waals surface area contributed by atoms with E-state index in [1.807, 2.05) is 49.0 Å². The van der Waals surface area contributed by atoms with Gasteiger partial charge in [0.05, 0.1) is 27.8 Å². The molecular formula is C27H24ClN3O2S. The fraction of sp³-hybridized carbons (Fsp3) is 0.222. The minimum atomic E-state index is -0.856. The van der Waals surface area contributed by atoms with Crippen molar-refractivity contribution in [1.82, 2.24) is 14.8 Å². The number of carboxylic acids is 1. The maximum Gasteiger partial charge on any atom is 0.307 e. The topological polar surface area (TPSA) is 68.0 Å². The predicted octanol–water partition coefficient (Wildman–Crippen LogP) is 7.23. The number of hydrogen-bond acceptors (Lipinski definition) is 4. The molecule has 3 aromatic carbocycles. The van der Waals surface area contributed by atoms with Gasteiger partial charge in [0, 0.05) is 28.6 Å². The number of nitrogens with zero attached hydrogens (tertiary/aromatic N) is 3. The van der Waals surface area contributed by atoms with Gasteiger partial charge < -0.3 is 5.11 Å². The lowest BCUT2D eigenvalue weighted by Gasteiger charge is -2.13. The highest BCUT2D eigenvalue weighted by Gasteiger charge is 2.20. The van der Waals surface area contributed by atoms with Crippen molar-refractivity contribution in [2.75, 3.05) is 0 Å². The molecule has 1 N–H and O–H groups in total. The van der Waals surface area contributed by atoms with Gasteiger partial charge >= 0.3 is 5.97 Å². The van der Waals surface area contributed by atoms with Crippen LogP contribution < -0.4 is 0 Å². The van der Waals surface area contributed by atoms with E-state index in [-0.39, 0.29) is 6.42 Å². The highest BCUT2D eigenvalue weighted by Crippen LogP contribution is 2.41. The Hall–Kier alpha value is -3.22. The molecule has 0 saturated heterocycles. The number of thiazole rings is 1. The van der Waals surface area contributed by atoms with Crippen LogP contribution in [0.4, 0.5) is 0 Å². The summed E-state index contributed by atoms with van der Waals surface area (Å²) >= 11 is 7.72. The molecule has 0 aliphatic carbocycles. The first-order valence-electron chi connectivity index (χ1n) is 11.1. The van der Waals surface area contributed by atoms with E-state index in [0.29, 0.717) is 10.9 Å². The number of rotatable bonds is 5. The molecule has 5 nitrogen and oxygen atoms in total. The number of carbonyl (C=O) groups is 1. The van der Waals surface area contributed by atoms with E-state index in [1.54, 1.807) is 11.3 Å². The molecule has 5 aromatic rings. The number of carboxylic acid groups (broad SMARTS) is 1. The zero-order chi connectivity index (χ0) is 24.1. The van der Waals surface area contributed by atoms with Gasteiger partial charge in [-0.25, -0.2) is 4.98 Å². The molecule has 0 saturated carbocycles. The number of aromatic nitrogens is 3. The van der Waals surface area contributed by atoms with Crippen LogP contribution >= 0.6 is 22.9 Å². The van der Waals surface area contributed by atoms with Crippen molar-refractivity contribution in [2.45, 2.75) is 33.1 Å². The Labute approximate surface area is 206 Å². The molecule has 0 bridgehead atoms. The van der Waals surface area contributed by atoms with Crippen molar-refractivity contribution in [1.29, 1.82) is 0 Å². The van der Waals surface area contributed by atoms with Crippen LogP contribution in [0.15, 0.2) is 48.5 Å². The number of hydrogen-bond donors (Lipinski definition) is 1. The number of aryl methyl sites for hydroxylation is 2. The zero-order valence-corrected chi connectivity index (χ0v) is 21.0. The smallest absolute Gasteiger partial charge is 0.307 e. The van der Waals surface area contributed by atoms with Crippen LogP contribution in [0, 0.1) is 6.92 Å². The summed E-state index contributed by atoms with van der Waals surface area (Å²) in [6.45, 7) is 6.25. The molecule has 2 aromatic heterocycles. The lowest BCUT2D eigenvalue weighted by molar-refractivity contribution is -0.136. The van der Waals surface area contributed by atoms with Crippen molar-refractivity contribution in [3.05, 3.63) is 70.4 Å². The minimum absolute atomic E-state index is 0.0492. The van der Waals surface area contributed by atoms with Crippen LogP contribution in [0.3, 0.4) is 0 Å². The van der Waals surface area contributed by atoms with E-state index in [0.717, 1.165) is 59.6 Å². The maximum absolute atomic E-state index is 11.7. The molecule has 0 radical (unpaired) electrons. The molecule has 172 valence electrons. The molecule has 0 unspecified atom stereocenters. The molecule has 0 aliphatic rings. The second-order valence-corrected chi connectivity index (χ2v) is 10.3. The molecule has 2 heterocycles. The fourth-order valence-corrected chi connectivity index (χ4v) is 5.77. The summed E-state index contributed by atoms with van der Waals surface area (Å²) < 4.78 is 2.90. The maximum atomic E-state index is 11.7. The molecule has 0 atom stereocenters. The number of fused-ring (bicyclic) bond motifs is 2. The first kappa shape index (κ1) is 22.6. The quantitative estimate of drug-likeness (QED) is 0.283. The van der Waals surface area contributed by atoms with Gasteiger partial charge in [-0.1, -0.05) is 37.6 Å². The second kappa shape index (κ2) is 8.53. The van der Waals surface area contributed by atoms with Crippen molar-refractivity contribution in [3.8, 4) is 21.7 Å². The van der Waals surface area contributed by atoms with E-state index < -0.39 is 5.97 Å². The average Bonchev–Trinajstić information content (AvgIpc) is 3.35. The van der Waals surface area contributed by atoms with Gasteiger partial charge in [0.25, 0.3) is 0 Å². The fourth-order valence-electron chi connectivity index (χ4n) is 4.51. The van der Waals surface area contributed by atoms with Crippen molar-refractivity contribution in [3.63, 3.8) is 0 Å². The predicted molar refractivity (Wildman–Crippen MR) is 140 cm³/mol. The van der Waals surface area contributed by atoms with Crippen LogP contribution in [0.25, 0.3) is 42.8 Å². The van der Waals surface area contributed by atoms with Crippen LogP contribution in [0.2, 0.25) is 5.02 Å². The van der Waals surface area contributed by atoms with Gasteiger partial charge in [-0.3, -0.25) is 9.48 Å². The van der Waals surface area contributed by atoms with Gasteiger partial charge in [0.1, 0.15) is 5.01 Å². The highest BCUT2D eigenvalue weighted by molar-refractivity contribution is 7.22. The third-order valence-corrected chi connectivity index (χ3v) is 7.53. The standard InChI is InChI=1S/C27H24ClN3O2S/c1-14(2)25-20-12-17(7-10-22(20)31(4)30-25)27-29-21-11-15(3)19(13-23(32)33)24(26(21)34-27)16-5-8-18(28)9-6-16/h5-12,14H,13H2,1-4H3,(H,32,33). The van der Waals surface area contributed by atoms with E-state index >= 15 is 0 Å². The summed E-state index contributed by atoms with van der Waals surface area (Å²) in [6.07, 6.45) is -0.0492. The Morgan fingerprint density at radius 2 is 1.82 bits per heavy atom. The minimum Gasteiger partial charge on any atom is -0.481 e. The lowest BCUT2D eigenvalue weighted by atomic mass is 9.93. The van der Waals surface area contributed by atoms with E-state index in [9.17, 15) is 9.90 Å². The normalized spacial score (nSPS) is 11.7. The first-order chi connectivity index (χ1) is 16.2. The van der Waals surface area contributed by atoms with Crippen LogP contribution in [0.1, 0.15) is 36.6 Å². The van der Waals surface area contributed by atoms with Crippen LogP contribution in [-0.2, 0) is 18.3 Å². The Balaban J connectivity index is 1.75. The molecule has 0 spiro atoms. The first-order valence-corrected chi connectivity index (χ1v) is 12.3. The molecule has 34 heavy (non-hydrogen) atoms. The summed E-state index contributed by atoms with van der Waals surface area (Å²) in [7, 11) is 1.97. The third-order valence-electron chi connectivity index (χ3n) is 6.15. The van der Waals surface area contributed by atoms with Gasteiger partial charge in [0.15, 0.2) is 0 Å². The van der Waals surface area contributed by atoms with E-state index in [4.69, 9.17) is 21.7 Å². The van der Waals surface area contributed by atoms with Crippen LogP contribution in [-0.4, -0.2) is 25.8 Å². The van der Waals surface area contributed by atoms with Crippen molar-refractivity contribution >= 4 is 50.0 Å². The number of halogens is 1. The Morgan fingerprint density at radius 1 is 1.12 bits per heavy atom. The lowest BCUT2D eigenvalue weighted by Crippen LogP contribution is -2.04. The molecular weight excluding hydrogens is 466 g/mol. The molecule has 0 fully saturated rings. The van der Waals surface area contributed by atoms with Crippen molar-refractivity contribution < 1.29 is 9.90 Å². The van der Waals surface area contributed by atoms with Gasteiger partial charge in [-0.05, 0) is 65.9 Å². The Kier molecular flexibility index (Phi) is 5.66. The largest absolute Gasteiger partial charge is 0.481 e. The summed E-state index contributed by atoms with van der Waals surface area (Å²) in [6, 6.07) is 15.9. The number of benzene rings is 3. The van der Waals surface area contributed by atoms with E-state index in [2.05, 4.69) is 32.0 Å². The average molecular weight is 490 g/mol. The number of aliphatic carboxylic acids is 1. The molecule has 7 heteroatoms. The van der Waals surface area contributed by atoms with Gasteiger partial charge in [0.2, 0.25) is 0 Å². The Morgan fingerprint density at radius 3 is 2.50 bits per heavy atom. The second-order valence-electron chi connectivity index (χ2n) is 8.89. The van der Waals surface area contributed by atoms with Gasteiger partial charge in [-0.15, -0.1) is 11.3 Å². The third kappa shape index (κ3) is 3.87. The summed E-state index contributed by atoms with van der Waals surface area (Å²) in [5.74, 6) is -0.544. The zero-order valence-electron chi connectivity index (χ0n) is 19.4. The summed E-state index contributed by atoms with van der Waals surface area (Å²) in [5.41, 5.74) is 7.65. The monoisotopic (exact) mass is 489 g/mol.